The van der Waals surface area contributed by atoms with E-state index in [0.29, 0.717) is 29.4 Å². The second-order valence-corrected chi connectivity index (χ2v) is 3.14. The summed E-state index contributed by atoms with van der Waals surface area (Å²) in [5.74, 6) is 0.919. The number of nitrogen functional groups attached to an aromatic ring is 2. The van der Waals surface area contributed by atoms with Crippen LogP contribution < -0.4 is 11.5 Å². The van der Waals surface area contributed by atoms with Crippen molar-refractivity contribution in [2.24, 2.45) is 0 Å². The molecule has 74 valence electrons. The zero-order chi connectivity index (χ0) is 10.1. The maximum Gasteiger partial charge on any atom is 0.224 e. The van der Waals surface area contributed by atoms with Crippen LogP contribution >= 0.6 is 11.6 Å². The molecule has 0 atom stereocenters. The van der Waals surface area contributed by atoms with Crippen LogP contribution in [0.25, 0.3) is 11.2 Å². The Morgan fingerprint density at radius 2 is 2.14 bits per heavy atom. The number of aromatic nitrogens is 4. The van der Waals surface area contributed by atoms with Gasteiger partial charge in [0.2, 0.25) is 5.95 Å². The lowest BCUT2D eigenvalue weighted by molar-refractivity contribution is 0.783. The molecular formula is C7H9ClN6. The minimum Gasteiger partial charge on any atom is -0.382 e. The van der Waals surface area contributed by atoms with E-state index in [-0.39, 0.29) is 5.95 Å². The van der Waals surface area contributed by atoms with Gasteiger partial charge >= 0.3 is 0 Å². The Morgan fingerprint density at radius 3 is 2.86 bits per heavy atom. The van der Waals surface area contributed by atoms with E-state index in [4.69, 9.17) is 23.1 Å². The molecule has 0 aliphatic rings. The van der Waals surface area contributed by atoms with E-state index in [0.717, 1.165) is 0 Å². The number of imidazole rings is 1. The van der Waals surface area contributed by atoms with Gasteiger partial charge in [0.25, 0.3) is 0 Å². The lowest BCUT2D eigenvalue weighted by Crippen LogP contribution is -2.03. The predicted octanol–water partition coefficient (Wildman–Crippen LogP) is 0.229. The van der Waals surface area contributed by atoms with Crippen LogP contribution in [0.1, 0.15) is 0 Å². The number of alkyl halides is 1. The molecule has 7 heteroatoms. The Labute approximate surface area is 84.9 Å². The van der Waals surface area contributed by atoms with Crippen molar-refractivity contribution in [2.75, 3.05) is 17.3 Å². The van der Waals surface area contributed by atoms with Crippen LogP contribution in [0, 0.1) is 0 Å². The number of anilines is 2. The number of aryl methyl sites for hydroxylation is 1. The number of nitrogens with zero attached hydrogens (tertiary/aromatic N) is 4. The number of fused-ring (bicyclic) bond motifs is 1. The summed E-state index contributed by atoms with van der Waals surface area (Å²) in [4.78, 5) is 11.9. The quantitative estimate of drug-likeness (QED) is 0.695. The molecule has 0 spiro atoms. The van der Waals surface area contributed by atoms with Crippen LogP contribution in [0.15, 0.2) is 6.33 Å². The third-order valence-corrected chi connectivity index (χ3v) is 2.00. The molecule has 4 N–H and O–H groups in total. The van der Waals surface area contributed by atoms with Crippen LogP contribution in [0.4, 0.5) is 11.8 Å². The molecule has 6 nitrogen and oxygen atoms in total. The third-order valence-electron chi connectivity index (χ3n) is 1.83. The molecule has 0 radical (unpaired) electrons. The summed E-state index contributed by atoms with van der Waals surface area (Å²) < 4.78 is 1.79. The first-order valence-electron chi connectivity index (χ1n) is 4.02. The van der Waals surface area contributed by atoms with Crippen molar-refractivity contribution < 1.29 is 0 Å². The molecule has 0 bridgehead atoms. The topological polar surface area (TPSA) is 95.6 Å². The standard InChI is InChI=1S/C7H9ClN6/c8-1-2-14-3-11-4-5(9)12-7(10)13-6(4)14/h3H,1-2H2,(H4,9,10,12,13). The van der Waals surface area contributed by atoms with Gasteiger partial charge in [-0.2, -0.15) is 9.97 Å². The van der Waals surface area contributed by atoms with Gasteiger partial charge in [0, 0.05) is 12.4 Å². The fraction of sp³-hybridized carbons (Fsp3) is 0.286. The SMILES string of the molecule is Nc1nc(N)c2ncn(CCCl)c2n1. The first kappa shape index (κ1) is 9.01. The largest absolute Gasteiger partial charge is 0.382 e. The lowest BCUT2D eigenvalue weighted by Gasteiger charge is -2.00. The van der Waals surface area contributed by atoms with E-state index < -0.39 is 0 Å². The van der Waals surface area contributed by atoms with Gasteiger partial charge in [-0.3, -0.25) is 0 Å². The Bertz CT molecular complexity index is 464. The number of hydrogen-bond acceptors (Lipinski definition) is 5. The number of rotatable bonds is 2. The summed E-state index contributed by atoms with van der Waals surface area (Å²) in [6, 6.07) is 0. The highest BCUT2D eigenvalue weighted by Crippen LogP contribution is 2.16. The van der Waals surface area contributed by atoms with Gasteiger partial charge in [-0.1, -0.05) is 0 Å². The van der Waals surface area contributed by atoms with Crippen LogP contribution in [-0.2, 0) is 6.54 Å². The lowest BCUT2D eigenvalue weighted by atomic mass is 10.5. The molecule has 0 aliphatic heterocycles. The van der Waals surface area contributed by atoms with Gasteiger partial charge in [0.05, 0.1) is 6.33 Å². The van der Waals surface area contributed by atoms with E-state index in [9.17, 15) is 0 Å². The fourth-order valence-corrected chi connectivity index (χ4v) is 1.42. The molecule has 2 heterocycles. The highest BCUT2D eigenvalue weighted by Gasteiger charge is 2.08. The Kier molecular flexibility index (Phi) is 2.12. The van der Waals surface area contributed by atoms with Crippen LogP contribution in [0.2, 0.25) is 0 Å². The summed E-state index contributed by atoms with van der Waals surface area (Å²) in [6.45, 7) is 0.619. The summed E-state index contributed by atoms with van der Waals surface area (Å²) in [5.41, 5.74) is 12.3. The Hall–Kier alpha value is -1.56. The average Bonchev–Trinajstić information content (AvgIpc) is 2.49. The van der Waals surface area contributed by atoms with E-state index in [2.05, 4.69) is 15.0 Å². The number of halogens is 1. The normalized spacial score (nSPS) is 10.9. The van der Waals surface area contributed by atoms with Crippen molar-refractivity contribution in [1.82, 2.24) is 19.5 Å². The zero-order valence-corrected chi connectivity index (χ0v) is 8.07. The second kappa shape index (κ2) is 3.30. The summed E-state index contributed by atoms with van der Waals surface area (Å²) >= 11 is 5.62. The third kappa shape index (κ3) is 1.33. The molecule has 0 aliphatic carbocycles. The molecule has 2 aromatic rings. The highest BCUT2D eigenvalue weighted by atomic mass is 35.5. The molecule has 2 aromatic heterocycles. The van der Waals surface area contributed by atoms with Crippen molar-refractivity contribution >= 4 is 34.5 Å². The molecule has 0 aromatic carbocycles. The van der Waals surface area contributed by atoms with Gasteiger partial charge in [-0.15, -0.1) is 11.6 Å². The summed E-state index contributed by atoms with van der Waals surface area (Å²) in [6.07, 6.45) is 1.62. The predicted molar refractivity (Wildman–Crippen MR) is 54.9 cm³/mol. The van der Waals surface area contributed by atoms with E-state index in [1.54, 1.807) is 10.9 Å². The van der Waals surface area contributed by atoms with Gasteiger partial charge in [-0.05, 0) is 0 Å². The Balaban J connectivity index is 2.66. The zero-order valence-electron chi connectivity index (χ0n) is 7.31. The van der Waals surface area contributed by atoms with Gasteiger partial charge in [0.15, 0.2) is 11.5 Å². The van der Waals surface area contributed by atoms with E-state index in [1.165, 1.54) is 0 Å². The van der Waals surface area contributed by atoms with E-state index >= 15 is 0 Å². The fourth-order valence-electron chi connectivity index (χ4n) is 1.24. The molecule has 14 heavy (non-hydrogen) atoms. The minimum atomic E-state index is 0.145. The van der Waals surface area contributed by atoms with Crippen molar-refractivity contribution in [3.8, 4) is 0 Å². The molecular weight excluding hydrogens is 204 g/mol. The Morgan fingerprint density at radius 1 is 1.36 bits per heavy atom. The smallest absolute Gasteiger partial charge is 0.224 e. The summed E-state index contributed by atoms with van der Waals surface area (Å²) in [7, 11) is 0. The molecule has 0 fully saturated rings. The maximum atomic E-state index is 5.63. The van der Waals surface area contributed by atoms with E-state index in [1.807, 2.05) is 0 Å². The van der Waals surface area contributed by atoms with Gasteiger partial charge in [-0.25, -0.2) is 4.98 Å². The molecule has 0 saturated heterocycles. The number of hydrogen-bond donors (Lipinski definition) is 2. The number of nitrogens with two attached hydrogens (primary N) is 2. The molecule has 2 rings (SSSR count). The molecule has 0 saturated carbocycles. The van der Waals surface area contributed by atoms with Crippen LogP contribution in [0.3, 0.4) is 0 Å². The highest BCUT2D eigenvalue weighted by molar-refractivity contribution is 6.17. The molecule has 0 unspecified atom stereocenters. The van der Waals surface area contributed by atoms with Crippen molar-refractivity contribution in [1.29, 1.82) is 0 Å². The minimum absolute atomic E-state index is 0.145. The van der Waals surface area contributed by atoms with Crippen LogP contribution in [0.5, 0.6) is 0 Å². The average molecular weight is 213 g/mol. The van der Waals surface area contributed by atoms with Crippen LogP contribution in [-0.4, -0.2) is 25.4 Å². The first-order valence-corrected chi connectivity index (χ1v) is 4.55. The second-order valence-electron chi connectivity index (χ2n) is 2.77. The van der Waals surface area contributed by atoms with Crippen molar-refractivity contribution in [3.05, 3.63) is 6.33 Å². The van der Waals surface area contributed by atoms with Crippen molar-refractivity contribution in [3.63, 3.8) is 0 Å². The first-order chi connectivity index (χ1) is 6.72. The monoisotopic (exact) mass is 212 g/mol. The molecule has 0 amide bonds. The van der Waals surface area contributed by atoms with Crippen molar-refractivity contribution in [2.45, 2.75) is 6.54 Å². The van der Waals surface area contributed by atoms with Gasteiger partial charge in [0.1, 0.15) is 5.52 Å². The maximum absolute atomic E-state index is 5.63. The summed E-state index contributed by atoms with van der Waals surface area (Å²) in [5, 5.41) is 0. The van der Waals surface area contributed by atoms with Gasteiger partial charge < -0.3 is 16.0 Å².